The van der Waals surface area contributed by atoms with E-state index < -0.39 is 5.60 Å². The van der Waals surface area contributed by atoms with E-state index >= 15 is 0 Å². The van der Waals surface area contributed by atoms with E-state index in [2.05, 4.69) is 26.0 Å². The zero-order valence-corrected chi connectivity index (χ0v) is 16.4. The molecule has 2 rings (SSSR count). The van der Waals surface area contributed by atoms with Crippen LogP contribution in [-0.2, 0) is 4.74 Å². The molecular formula is C21H33NO3. The van der Waals surface area contributed by atoms with Crippen molar-refractivity contribution in [1.82, 2.24) is 4.90 Å². The molecule has 0 aromatic heterocycles. The number of hydrogen-bond acceptors (Lipinski definition) is 3. The van der Waals surface area contributed by atoms with Crippen molar-refractivity contribution in [3.05, 3.63) is 29.3 Å². The highest BCUT2D eigenvalue weighted by molar-refractivity contribution is 5.68. The maximum absolute atomic E-state index is 12.1. The molecule has 4 heteroatoms. The van der Waals surface area contributed by atoms with Crippen LogP contribution in [0.4, 0.5) is 4.79 Å². The number of ether oxygens (including phenoxy) is 2. The Bertz CT molecular complexity index is 569. The predicted molar refractivity (Wildman–Crippen MR) is 101 cm³/mol. The number of likely N-dealkylation sites (tertiary alicyclic amines) is 1. The highest BCUT2D eigenvalue weighted by atomic mass is 16.6. The molecule has 0 saturated carbocycles. The number of amides is 1. The third-order valence-electron chi connectivity index (χ3n) is 4.77. The summed E-state index contributed by atoms with van der Waals surface area (Å²) in [7, 11) is 0. The first-order chi connectivity index (χ1) is 11.7. The van der Waals surface area contributed by atoms with Gasteiger partial charge in [-0.2, -0.15) is 0 Å². The van der Waals surface area contributed by atoms with Crippen LogP contribution < -0.4 is 4.74 Å². The SMILES string of the molecule is Cc1ccc(OCCCC2CCN(C(=O)OC(C)(C)C)CC2)cc1C. The fourth-order valence-corrected chi connectivity index (χ4v) is 3.10. The quantitative estimate of drug-likeness (QED) is 0.695. The van der Waals surface area contributed by atoms with Crippen LogP contribution >= 0.6 is 0 Å². The van der Waals surface area contributed by atoms with Gasteiger partial charge in [-0.1, -0.05) is 6.07 Å². The predicted octanol–water partition coefficient (Wildman–Crippen LogP) is 5.11. The first kappa shape index (κ1) is 19.6. The summed E-state index contributed by atoms with van der Waals surface area (Å²) in [5.74, 6) is 1.64. The molecule has 1 heterocycles. The number of hydrogen-bond donors (Lipinski definition) is 0. The standard InChI is InChI=1S/C21H33NO3/c1-16-8-9-19(15-17(16)2)24-14-6-7-18-10-12-22(13-11-18)20(23)25-21(3,4)5/h8-9,15,18H,6-7,10-14H2,1-5H3. The van der Waals surface area contributed by atoms with Gasteiger partial charge in [0.2, 0.25) is 0 Å². The Morgan fingerprint density at radius 2 is 1.84 bits per heavy atom. The first-order valence-corrected chi connectivity index (χ1v) is 9.42. The van der Waals surface area contributed by atoms with Gasteiger partial charge in [-0.15, -0.1) is 0 Å². The molecule has 140 valence electrons. The number of carbonyl (C=O) groups excluding carboxylic acids is 1. The maximum atomic E-state index is 12.1. The summed E-state index contributed by atoms with van der Waals surface area (Å²) in [6, 6.07) is 6.26. The van der Waals surface area contributed by atoms with Crippen LogP contribution in [0.15, 0.2) is 18.2 Å². The molecule has 1 aromatic rings. The molecule has 1 saturated heterocycles. The number of piperidine rings is 1. The van der Waals surface area contributed by atoms with Crippen molar-refractivity contribution in [3.8, 4) is 5.75 Å². The van der Waals surface area contributed by atoms with E-state index in [0.717, 1.165) is 51.1 Å². The second-order valence-corrected chi connectivity index (χ2v) is 8.15. The highest BCUT2D eigenvalue weighted by Crippen LogP contribution is 2.24. The molecule has 0 aliphatic carbocycles. The van der Waals surface area contributed by atoms with Crippen molar-refractivity contribution in [3.63, 3.8) is 0 Å². The van der Waals surface area contributed by atoms with Crippen LogP contribution in [0.5, 0.6) is 5.75 Å². The number of benzene rings is 1. The Kier molecular flexibility index (Phi) is 6.74. The number of rotatable bonds is 5. The van der Waals surface area contributed by atoms with Gasteiger partial charge in [0, 0.05) is 13.1 Å². The van der Waals surface area contributed by atoms with Gasteiger partial charge in [0.25, 0.3) is 0 Å². The van der Waals surface area contributed by atoms with Crippen molar-refractivity contribution in [1.29, 1.82) is 0 Å². The third-order valence-corrected chi connectivity index (χ3v) is 4.77. The Hall–Kier alpha value is -1.71. The molecule has 0 radical (unpaired) electrons. The molecule has 0 spiro atoms. The van der Waals surface area contributed by atoms with E-state index in [1.54, 1.807) is 0 Å². The fourth-order valence-electron chi connectivity index (χ4n) is 3.10. The van der Waals surface area contributed by atoms with Gasteiger partial charge in [-0.25, -0.2) is 4.79 Å². The van der Waals surface area contributed by atoms with Crippen molar-refractivity contribution in [2.24, 2.45) is 5.92 Å². The van der Waals surface area contributed by atoms with E-state index in [1.165, 1.54) is 11.1 Å². The first-order valence-electron chi connectivity index (χ1n) is 9.42. The van der Waals surface area contributed by atoms with Crippen molar-refractivity contribution < 1.29 is 14.3 Å². The lowest BCUT2D eigenvalue weighted by molar-refractivity contribution is 0.0179. The average molecular weight is 347 g/mol. The van der Waals surface area contributed by atoms with Gasteiger partial charge < -0.3 is 14.4 Å². The third kappa shape index (κ3) is 6.60. The molecule has 0 bridgehead atoms. The van der Waals surface area contributed by atoms with Crippen LogP contribution in [0.2, 0.25) is 0 Å². The van der Waals surface area contributed by atoms with Crippen molar-refractivity contribution in [2.45, 2.75) is 65.9 Å². The normalized spacial score (nSPS) is 16.0. The molecular weight excluding hydrogens is 314 g/mol. The van der Waals surface area contributed by atoms with Crippen LogP contribution in [0.25, 0.3) is 0 Å². The molecule has 1 fully saturated rings. The minimum absolute atomic E-state index is 0.177. The maximum Gasteiger partial charge on any atom is 0.410 e. The van der Waals surface area contributed by atoms with Gasteiger partial charge >= 0.3 is 6.09 Å². The molecule has 25 heavy (non-hydrogen) atoms. The van der Waals surface area contributed by atoms with Gasteiger partial charge in [0.05, 0.1) is 6.61 Å². The largest absolute Gasteiger partial charge is 0.494 e. The van der Waals surface area contributed by atoms with E-state index in [-0.39, 0.29) is 6.09 Å². The summed E-state index contributed by atoms with van der Waals surface area (Å²) in [5.41, 5.74) is 2.15. The van der Waals surface area contributed by atoms with Crippen LogP contribution in [0.1, 0.15) is 57.6 Å². The Morgan fingerprint density at radius 1 is 1.16 bits per heavy atom. The number of carbonyl (C=O) groups is 1. The Labute approximate surface area is 152 Å². The summed E-state index contributed by atoms with van der Waals surface area (Å²) in [4.78, 5) is 13.9. The van der Waals surface area contributed by atoms with E-state index in [1.807, 2.05) is 31.7 Å². The minimum Gasteiger partial charge on any atom is -0.494 e. The van der Waals surface area contributed by atoms with E-state index in [0.29, 0.717) is 5.92 Å². The number of nitrogens with zero attached hydrogens (tertiary/aromatic N) is 1. The highest BCUT2D eigenvalue weighted by Gasteiger charge is 2.26. The zero-order chi connectivity index (χ0) is 18.4. The summed E-state index contributed by atoms with van der Waals surface area (Å²) >= 11 is 0. The lowest BCUT2D eigenvalue weighted by atomic mass is 9.92. The Morgan fingerprint density at radius 3 is 2.44 bits per heavy atom. The molecule has 1 aliphatic rings. The monoisotopic (exact) mass is 347 g/mol. The second kappa shape index (κ2) is 8.59. The minimum atomic E-state index is -0.417. The van der Waals surface area contributed by atoms with Crippen molar-refractivity contribution >= 4 is 6.09 Å². The summed E-state index contributed by atoms with van der Waals surface area (Å²) in [5, 5.41) is 0. The molecule has 4 nitrogen and oxygen atoms in total. The van der Waals surface area contributed by atoms with Gasteiger partial charge in [0.1, 0.15) is 11.4 Å². The number of aryl methyl sites for hydroxylation is 2. The molecule has 1 aromatic carbocycles. The summed E-state index contributed by atoms with van der Waals surface area (Å²) in [6.45, 7) is 12.3. The topological polar surface area (TPSA) is 38.8 Å². The van der Waals surface area contributed by atoms with Crippen LogP contribution in [0, 0.1) is 19.8 Å². The second-order valence-electron chi connectivity index (χ2n) is 8.15. The van der Waals surface area contributed by atoms with Gasteiger partial charge in [-0.05, 0) is 89.5 Å². The molecule has 1 aliphatic heterocycles. The average Bonchev–Trinajstić information content (AvgIpc) is 2.54. The van der Waals surface area contributed by atoms with Crippen LogP contribution in [-0.4, -0.2) is 36.3 Å². The molecule has 1 amide bonds. The molecule has 0 unspecified atom stereocenters. The van der Waals surface area contributed by atoms with Gasteiger partial charge in [-0.3, -0.25) is 0 Å². The lowest BCUT2D eigenvalue weighted by Gasteiger charge is -2.33. The zero-order valence-electron chi connectivity index (χ0n) is 16.4. The smallest absolute Gasteiger partial charge is 0.410 e. The van der Waals surface area contributed by atoms with E-state index in [9.17, 15) is 4.79 Å². The van der Waals surface area contributed by atoms with E-state index in [4.69, 9.17) is 9.47 Å². The summed E-state index contributed by atoms with van der Waals surface area (Å²) < 4.78 is 11.3. The summed E-state index contributed by atoms with van der Waals surface area (Å²) in [6.07, 6.45) is 4.16. The molecule has 0 N–H and O–H groups in total. The lowest BCUT2D eigenvalue weighted by Crippen LogP contribution is -2.41. The fraction of sp³-hybridized carbons (Fsp3) is 0.667. The van der Waals surface area contributed by atoms with Crippen LogP contribution in [0.3, 0.4) is 0 Å². The van der Waals surface area contributed by atoms with Gasteiger partial charge in [0.15, 0.2) is 0 Å². The van der Waals surface area contributed by atoms with Crippen molar-refractivity contribution in [2.75, 3.05) is 19.7 Å². The molecule has 0 atom stereocenters. The Balaban J connectivity index is 1.64.